The highest BCUT2D eigenvalue weighted by molar-refractivity contribution is 5.96. The molecule has 1 aromatic carbocycles. The van der Waals surface area contributed by atoms with Gasteiger partial charge in [-0.15, -0.1) is 0 Å². The maximum Gasteiger partial charge on any atom is 0.310 e. The minimum atomic E-state index is -1.14. The zero-order valence-corrected chi connectivity index (χ0v) is 13.1. The number of rotatable bonds is 5. The van der Waals surface area contributed by atoms with Gasteiger partial charge in [-0.2, -0.15) is 0 Å². The van der Waals surface area contributed by atoms with Crippen LogP contribution in [0.3, 0.4) is 0 Å². The Hall–Kier alpha value is -2.51. The lowest BCUT2D eigenvalue weighted by Crippen LogP contribution is -2.32. The van der Waals surface area contributed by atoms with Crippen molar-refractivity contribution in [3.05, 3.63) is 23.8 Å². The zero-order chi connectivity index (χ0) is 17.9. The lowest BCUT2D eigenvalue weighted by molar-refractivity contribution is -0.150. The summed E-state index contributed by atoms with van der Waals surface area (Å²) in [5, 5.41) is 13.8. The van der Waals surface area contributed by atoms with Crippen molar-refractivity contribution in [1.29, 1.82) is 0 Å². The van der Waals surface area contributed by atoms with Crippen molar-refractivity contribution in [3.8, 4) is 0 Å². The average Bonchev–Trinajstić information content (AvgIpc) is 2.93. The van der Waals surface area contributed by atoms with Crippen molar-refractivity contribution in [2.24, 2.45) is 5.41 Å². The number of aliphatic carboxylic acids is 1. The number of anilines is 2. The molecular weight excluding hydrogens is 322 g/mol. The van der Waals surface area contributed by atoms with Crippen molar-refractivity contribution >= 4 is 29.2 Å². The predicted molar refractivity (Wildman–Crippen MR) is 82.4 cm³/mol. The summed E-state index contributed by atoms with van der Waals surface area (Å²) in [7, 11) is 0. The van der Waals surface area contributed by atoms with Crippen molar-refractivity contribution in [2.45, 2.75) is 39.0 Å². The van der Waals surface area contributed by atoms with Crippen LogP contribution < -0.4 is 10.6 Å². The fourth-order valence-electron chi connectivity index (χ4n) is 2.95. The van der Waals surface area contributed by atoms with Gasteiger partial charge in [0.25, 0.3) is 0 Å². The van der Waals surface area contributed by atoms with E-state index in [1.165, 1.54) is 0 Å². The van der Waals surface area contributed by atoms with Crippen LogP contribution in [0, 0.1) is 17.0 Å². The first kappa shape index (κ1) is 17.8. The number of halogens is 2. The Morgan fingerprint density at radius 2 is 1.62 bits per heavy atom. The number of nitrogens with one attached hydrogen (secondary N) is 2. The molecule has 0 spiro atoms. The number of benzene rings is 1. The van der Waals surface area contributed by atoms with Gasteiger partial charge in [0.1, 0.15) is 11.6 Å². The predicted octanol–water partition coefficient (Wildman–Crippen LogP) is 2.90. The third kappa shape index (κ3) is 3.87. The number of carbonyl (C=O) groups is 3. The van der Waals surface area contributed by atoms with E-state index in [0.29, 0.717) is 18.9 Å². The highest BCUT2D eigenvalue weighted by Crippen LogP contribution is 2.41. The minimum absolute atomic E-state index is 0.270. The van der Waals surface area contributed by atoms with E-state index in [9.17, 15) is 28.3 Å². The van der Waals surface area contributed by atoms with E-state index in [2.05, 4.69) is 10.6 Å². The molecular formula is C16H18F2N2O4. The summed E-state index contributed by atoms with van der Waals surface area (Å²) < 4.78 is 27.4. The second-order valence-corrected chi connectivity index (χ2v) is 6.01. The van der Waals surface area contributed by atoms with E-state index < -0.39 is 34.8 Å². The van der Waals surface area contributed by atoms with Gasteiger partial charge in [0, 0.05) is 19.4 Å². The summed E-state index contributed by atoms with van der Waals surface area (Å²) in [5.41, 5.74) is -1.72. The fraction of sp³-hybridized carbons (Fsp3) is 0.438. The van der Waals surface area contributed by atoms with Crippen molar-refractivity contribution in [2.75, 3.05) is 10.6 Å². The molecule has 1 aliphatic carbocycles. The maximum atomic E-state index is 13.8. The summed E-state index contributed by atoms with van der Waals surface area (Å²) in [6, 6.07) is 1.51. The molecule has 0 bridgehead atoms. The third-order valence-corrected chi connectivity index (χ3v) is 4.15. The van der Waals surface area contributed by atoms with E-state index in [1.54, 1.807) is 0 Å². The molecule has 24 heavy (non-hydrogen) atoms. The topological polar surface area (TPSA) is 95.5 Å². The molecule has 0 radical (unpaired) electrons. The second kappa shape index (κ2) is 6.94. The van der Waals surface area contributed by atoms with Gasteiger partial charge in [0.15, 0.2) is 0 Å². The van der Waals surface area contributed by atoms with Crippen LogP contribution in [-0.4, -0.2) is 22.9 Å². The Balaban J connectivity index is 2.16. The van der Waals surface area contributed by atoms with Gasteiger partial charge in [-0.05, 0) is 18.9 Å². The Kier molecular flexibility index (Phi) is 5.16. The Bertz CT molecular complexity index is 685. The molecule has 6 nitrogen and oxygen atoms in total. The number of hydrogen-bond donors (Lipinski definition) is 3. The van der Waals surface area contributed by atoms with Gasteiger partial charge in [-0.3, -0.25) is 14.4 Å². The van der Waals surface area contributed by atoms with Gasteiger partial charge in [0.05, 0.1) is 16.8 Å². The third-order valence-electron chi connectivity index (χ3n) is 4.15. The highest BCUT2D eigenvalue weighted by Gasteiger charge is 2.43. The van der Waals surface area contributed by atoms with Crippen LogP contribution in [0.5, 0.6) is 0 Å². The molecule has 3 N–H and O–H groups in total. The molecule has 130 valence electrons. The van der Waals surface area contributed by atoms with Gasteiger partial charge in [-0.25, -0.2) is 8.78 Å². The molecule has 2 amide bonds. The van der Waals surface area contributed by atoms with Gasteiger partial charge < -0.3 is 15.7 Å². The molecule has 2 rings (SSSR count). The molecule has 1 fully saturated rings. The Labute approximate surface area is 137 Å². The van der Waals surface area contributed by atoms with Crippen LogP contribution in [0.4, 0.5) is 20.2 Å². The summed E-state index contributed by atoms with van der Waals surface area (Å²) in [6.07, 6.45) is 1.93. The number of hydrogen-bond acceptors (Lipinski definition) is 3. The number of carbonyl (C=O) groups excluding carboxylic acids is 2. The first-order valence-electron chi connectivity index (χ1n) is 7.53. The highest BCUT2D eigenvalue weighted by atomic mass is 19.1. The van der Waals surface area contributed by atoms with Crippen molar-refractivity contribution in [1.82, 2.24) is 0 Å². The van der Waals surface area contributed by atoms with Crippen LogP contribution >= 0.6 is 0 Å². The molecule has 0 aromatic heterocycles. The molecule has 1 saturated carbocycles. The van der Waals surface area contributed by atoms with Crippen LogP contribution in [0.15, 0.2) is 12.1 Å². The van der Waals surface area contributed by atoms with Crippen LogP contribution in [0.2, 0.25) is 0 Å². The van der Waals surface area contributed by atoms with E-state index in [4.69, 9.17) is 0 Å². The largest absolute Gasteiger partial charge is 0.481 e. The van der Waals surface area contributed by atoms with Crippen LogP contribution in [0.1, 0.15) is 39.0 Å². The molecule has 1 aliphatic rings. The average molecular weight is 340 g/mol. The smallest absolute Gasteiger partial charge is 0.310 e. The molecule has 0 atom stereocenters. The SMILES string of the molecule is CC(=O)Nc1cc(NC(=O)CC2(C(=O)O)CCCC2)c(F)cc1F. The lowest BCUT2D eigenvalue weighted by Gasteiger charge is -2.23. The second-order valence-electron chi connectivity index (χ2n) is 6.01. The van der Waals surface area contributed by atoms with Crippen molar-refractivity contribution in [3.63, 3.8) is 0 Å². The van der Waals surface area contributed by atoms with Gasteiger partial charge >= 0.3 is 5.97 Å². The molecule has 0 saturated heterocycles. The monoisotopic (exact) mass is 340 g/mol. The summed E-state index contributed by atoms with van der Waals surface area (Å²) in [6.45, 7) is 1.16. The quantitative estimate of drug-likeness (QED) is 0.768. The van der Waals surface area contributed by atoms with E-state index in [-0.39, 0.29) is 17.8 Å². The molecule has 0 unspecified atom stereocenters. The van der Waals surface area contributed by atoms with E-state index in [1.807, 2.05) is 0 Å². The zero-order valence-electron chi connectivity index (χ0n) is 13.1. The molecule has 0 aliphatic heterocycles. The molecule has 0 heterocycles. The van der Waals surface area contributed by atoms with Crippen molar-refractivity contribution < 1.29 is 28.3 Å². The standard InChI is InChI=1S/C16H18F2N2O4/c1-9(21)19-12-7-13(11(18)6-10(12)17)20-14(22)8-16(15(23)24)4-2-3-5-16/h6-7H,2-5,8H2,1H3,(H,19,21)(H,20,22)(H,23,24). The van der Waals surface area contributed by atoms with E-state index >= 15 is 0 Å². The van der Waals surface area contributed by atoms with Gasteiger partial charge in [-0.1, -0.05) is 12.8 Å². The first-order chi connectivity index (χ1) is 11.2. The van der Waals surface area contributed by atoms with Crippen LogP contribution in [0.25, 0.3) is 0 Å². The molecule has 8 heteroatoms. The van der Waals surface area contributed by atoms with Crippen LogP contribution in [-0.2, 0) is 14.4 Å². The maximum absolute atomic E-state index is 13.8. The Morgan fingerprint density at radius 3 is 2.12 bits per heavy atom. The fourth-order valence-corrected chi connectivity index (χ4v) is 2.95. The number of carboxylic acid groups (broad SMARTS) is 1. The molecule has 1 aromatic rings. The summed E-state index contributed by atoms with van der Waals surface area (Å²) >= 11 is 0. The lowest BCUT2D eigenvalue weighted by atomic mass is 9.82. The summed E-state index contributed by atoms with van der Waals surface area (Å²) in [5.74, 6) is -4.25. The first-order valence-corrected chi connectivity index (χ1v) is 7.53. The number of amides is 2. The normalized spacial score (nSPS) is 15.8. The van der Waals surface area contributed by atoms with E-state index in [0.717, 1.165) is 25.8 Å². The minimum Gasteiger partial charge on any atom is -0.481 e. The summed E-state index contributed by atoms with van der Waals surface area (Å²) in [4.78, 5) is 34.6. The number of carboxylic acids is 1. The van der Waals surface area contributed by atoms with Gasteiger partial charge in [0.2, 0.25) is 11.8 Å². The Morgan fingerprint density at radius 1 is 1.08 bits per heavy atom.